The number of sulfonamides is 1. The van der Waals surface area contributed by atoms with Gasteiger partial charge in [0.1, 0.15) is 0 Å². The Morgan fingerprint density at radius 1 is 1.00 bits per heavy atom. The molecule has 0 aromatic heterocycles. The molecule has 2 aromatic rings. The van der Waals surface area contributed by atoms with E-state index < -0.39 is 10.0 Å². The van der Waals surface area contributed by atoms with E-state index in [-0.39, 0.29) is 4.90 Å². The standard InChI is InChI=1S/C15H12NO2S/c1-3-16(14-7-5-4-6-8-14)19(17,18)15-11-9-13(2)10-12-15/h4-12H,2H3. The third-order valence-electron chi connectivity index (χ3n) is 2.65. The first kappa shape index (κ1) is 13.2. The zero-order valence-corrected chi connectivity index (χ0v) is 11.2. The van der Waals surface area contributed by atoms with Crippen LogP contribution in [0.1, 0.15) is 5.56 Å². The van der Waals surface area contributed by atoms with Crippen LogP contribution in [-0.2, 0) is 10.0 Å². The fraction of sp³-hybridized carbons (Fsp3) is 0.0667. The van der Waals surface area contributed by atoms with Crippen LogP contribution < -0.4 is 4.31 Å². The second kappa shape index (κ2) is 5.17. The molecule has 0 atom stereocenters. The van der Waals surface area contributed by atoms with Crippen LogP contribution in [0.2, 0.25) is 0 Å². The second-order valence-corrected chi connectivity index (χ2v) is 5.82. The first-order valence-corrected chi connectivity index (χ1v) is 7.09. The van der Waals surface area contributed by atoms with Crippen LogP contribution in [0.15, 0.2) is 59.5 Å². The largest absolute Gasteiger partial charge is 0.275 e. The Bertz CT molecular complexity index is 698. The highest BCUT2D eigenvalue weighted by Gasteiger charge is 2.23. The quantitative estimate of drug-likeness (QED) is 0.635. The average molecular weight is 270 g/mol. The van der Waals surface area contributed by atoms with E-state index in [1.54, 1.807) is 42.5 Å². The summed E-state index contributed by atoms with van der Waals surface area (Å²) in [5.74, 6) is 0. The van der Waals surface area contributed by atoms with Crippen molar-refractivity contribution in [3.63, 3.8) is 0 Å². The summed E-state index contributed by atoms with van der Waals surface area (Å²) in [5, 5.41) is 0. The second-order valence-electron chi connectivity index (χ2n) is 4.03. The molecular formula is C15H12NO2S. The lowest BCUT2D eigenvalue weighted by Gasteiger charge is -2.17. The number of hydrogen-bond donors (Lipinski definition) is 0. The van der Waals surface area contributed by atoms with Gasteiger partial charge >= 0.3 is 0 Å². The molecule has 95 valence electrons. The minimum Gasteiger partial charge on any atom is -0.200 e. The first-order chi connectivity index (χ1) is 9.05. The van der Waals surface area contributed by atoms with E-state index in [0.29, 0.717) is 5.69 Å². The molecule has 0 saturated carbocycles. The molecule has 2 rings (SSSR count). The molecule has 4 heteroatoms. The summed E-state index contributed by atoms with van der Waals surface area (Å²) < 4.78 is 25.7. The van der Waals surface area contributed by atoms with E-state index in [2.05, 4.69) is 0 Å². The van der Waals surface area contributed by atoms with Crippen LogP contribution in [0.3, 0.4) is 0 Å². The molecule has 0 unspecified atom stereocenters. The van der Waals surface area contributed by atoms with Crippen molar-refractivity contribution < 1.29 is 8.42 Å². The first-order valence-electron chi connectivity index (χ1n) is 5.65. The summed E-state index contributed by atoms with van der Waals surface area (Å²) >= 11 is 0. The van der Waals surface area contributed by atoms with Crippen molar-refractivity contribution >= 4 is 15.7 Å². The van der Waals surface area contributed by atoms with Gasteiger partial charge in [0, 0.05) is 12.5 Å². The van der Waals surface area contributed by atoms with Crippen molar-refractivity contribution in [1.82, 2.24) is 0 Å². The Balaban J connectivity index is 2.49. The maximum Gasteiger partial charge on any atom is 0.275 e. The third kappa shape index (κ3) is 2.61. The number of para-hydroxylation sites is 1. The van der Waals surface area contributed by atoms with Crippen LogP contribution in [-0.4, -0.2) is 8.42 Å². The van der Waals surface area contributed by atoms with Gasteiger partial charge in [-0.05, 0) is 31.2 Å². The molecule has 0 N–H and O–H groups in total. The predicted molar refractivity (Wildman–Crippen MR) is 74.4 cm³/mol. The molecular weight excluding hydrogens is 258 g/mol. The molecule has 0 aliphatic heterocycles. The van der Waals surface area contributed by atoms with Crippen LogP contribution in [0.4, 0.5) is 5.69 Å². The van der Waals surface area contributed by atoms with Crippen molar-refractivity contribution in [2.45, 2.75) is 11.8 Å². The average Bonchev–Trinajstić information content (AvgIpc) is 2.41. The molecule has 0 bridgehead atoms. The molecule has 0 heterocycles. The minimum atomic E-state index is -3.79. The van der Waals surface area contributed by atoms with Crippen molar-refractivity contribution in [2.75, 3.05) is 4.31 Å². The number of nitrogens with zero attached hydrogens (tertiary/aromatic N) is 1. The maximum absolute atomic E-state index is 12.4. The van der Waals surface area contributed by atoms with Gasteiger partial charge in [0.25, 0.3) is 10.0 Å². The molecule has 0 amide bonds. The molecule has 0 aliphatic carbocycles. The van der Waals surface area contributed by atoms with Gasteiger partial charge in [-0.25, -0.2) is 8.42 Å². The van der Waals surface area contributed by atoms with Crippen LogP contribution in [0.5, 0.6) is 0 Å². The Kier molecular flexibility index (Phi) is 3.59. The van der Waals surface area contributed by atoms with Crippen LogP contribution in [0, 0.1) is 19.4 Å². The Morgan fingerprint density at radius 2 is 1.58 bits per heavy atom. The van der Waals surface area contributed by atoms with Gasteiger partial charge in [0.15, 0.2) is 0 Å². The molecule has 0 saturated heterocycles. The highest BCUT2D eigenvalue weighted by Crippen LogP contribution is 2.22. The monoisotopic (exact) mass is 270 g/mol. The molecule has 0 fully saturated rings. The van der Waals surface area contributed by atoms with E-state index in [0.717, 1.165) is 9.87 Å². The van der Waals surface area contributed by atoms with Gasteiger partial charge in [0.2, 0.25) is 0 Å². The van der Waals surface area contributed by atoms with Gasteiger partial charge in [-0.3, -0.25) is 0 Å². The smallest absolute Gasteiger partial charge is 0.200 e. The van der Waals surface area contributed by atoms with Crippen molar-refractivity contribution in [2.24, 2.45) is 0 Å². The molecule has 2 aromatic carbocycles. The van der Waals surface area contributed by atoms with Crippen LogP contribution in [0.25, 0.3) is 0 Å². The van der Waals surface area contributed by atoms with Gasteiger partial charge in [-0.2, -0.15) is 4.31 Å². The predicted octanol–water partition coefficient (Wildman–Crippen LogP) is 2.74. The summed E-state index contributed by atoms with van der Waals surface area (Å²) in [4.78, 5) is 0.140. The van der Waals surface area contributed by atoms with Crippen molar-refractivity contribution in [3.8, 4) is 6.04 Å². The summed E-state index contributed by atoms with van der Waals surface area (Å²) in [7, 11) is -3.79. The summed E-state index contributed by atoms with van der Waals surface area (Å²) in [6, 6.07) is 16.9. The lowest BCUT2D eigenvalue weighted by atomic mass is 10.2. The number of aryl methyl sites for hydroxylation is 1. The normalized spacial score (nSPS) is 10.7. The highest BCUT2D eigenvalue weighted by molar-refractivity contribution is 7.93. The molecule has 19 heavy (non-hydrogen) atoms. The zero-order valence-electron chi connectivity index (χ0n) is 10.4. The van der Waals surface area contributed by atoms with Gasteiger partial charge < -0.3 is 0 Å². The van der Waals surface area contributed by atoms with E-state index >= 15 is 0 Å². The highest BCUT2D eigenvalue weighted by atomic mass is 32.2. The maximum atomic E-state index is 12.4. The minimum absolute atomic E-state index is 0.140. The lowest BCUT2D eigenvalue weighted by Crippen LogP contribution is -2.25. The molecule has 3 nitrogen and oxygen atoms in total. The van der Waals surface area contributed by atoms with E-state index in [9.17, 15) is 8.42 Å². The Morgan fingerprint density at radius 3 is 2.11 bits per heavy atom. The summed E-state index contributed by atoms with van der Waals surface area (Å²) in [6.45, 7) is 1.88. The molecule has 0 spiro atoms. The van der Waals surface area contributed by atoms with Crippen LogP contribution >= 0.6 is 0 Å². The number of anilines is 1. The van der Waals surface area contributed by atoms with Crippen molar-refractivity contribution in [1.29, 1.82) is 0 Å². The van der Waals surface area contributed by atoms with E-state index in [1.807, 2.05) is 13.0 Å². The molecule has 1 radical (unpaired) electrons. The summed E-state index contributed by atoms with van der Waals surface area (Å²) in [6.07, 6.45) is 7.24. The SMILES string of the molecule is [C]#CN(c1ccccc1)S(=O)(=O)c1ccc(C)cc1. The van der Waals surface area contributed by atoms with Gasteiger partial charge in [-0.15, -0.1) is 0 Å². The fourth-order valence-corrected chi connectivity index (χ4v) is 2.85. The Hall–Kier alpha value is -2.25. The van der Waals surface area contributed by atoms with Gasteiger partial charge in [0.05, 0.1) is 10.6 Å². The topological polar surface area (TPSA) is 37.4 Å². The summed E-state index contributed by atoms with van der Waals surface area (Å²) in [5.41, 5.74) is 1.36. The molecule has 0 aliphatic rings. The zero-order chi connectivity index (χ0) is 13.9. The fourth-order valence-electron chi connectivity index (χ4n) is 1.64. The van der Waals surface area contributed by atoms with E-state index in [1.165, 1.54) is 12.1 Å². The number of rotatable bonds is 3. The van der Waals surface area contributed by atoms with Crippen molar-refractivity contribution in [3.05, 3.63) is 66.6 Å². The third-order valence-corrected chi connectivity index (χ3v) is 4.30. The number of hydrogen-bond acceptors (Lipinski definition) is 2. The Labute approximate surface area is 113 Å². The van der Waals surface area contributed by atoms with E-state index in [4.69, 9.17) is 6.42 Å². The number of benzene rings is 2. The lowest BCUT2D eigenvalue weighted by molar-refractivity contribution is 0.596. The van der Waals surface area contributed by atoms with Gasteiger partial charge in [-0.1, -0.05) is 35.9 Å².